The van der Waals surface area contributed by atoms with Crippen molar-refractivity contribution in [1.29, 1.82) is 5.41 Å². The van der Waals surface area contributed by atoms with Crippen LogP contribution in [0.25, 0.3) is 0 Å². The molecular formula is C27H36F2N8O3. The Morgan fingerprint density at radius 1 is 1.20 bits per heavy atom. The van der Waals surface area contributed by atoms with E-state index in [1.165, 1.54) is 9.80 Å². The minimum absolute atomic E-state index is 0.0852. The number of halogens is 2. The largest absolute Gasteiger partial charge is 0.457 e. The normalized spacial score (nSPS) is 25.2. The fraction of sp³-hybridized carbons (Fsp3) is 0.593. The number of pyridine rings is 1. The average Bonchev–Trinajstić information content (AvgIpc) is 3.28. The number of alkyl halides is 2. The molecule has 3 aliphatic heterocycles. The fourth-order valence-electron chi connectivity index (χ4n) is 5.76. The molecule has 2 fully saturated rings. The summed E-state index contributed by atoms with van der Waals surface area (Å²) in [6, 6.07) is 2.85. The summed E-state index contributed by atoms with van der Waals surface area (Å²) < 4.78 is 39.0. The SMILES string of the molecule is CNc1nc(COC(=N)N2CC(F)(F)C[C@H]2C)nc2c1C(C)(C)C(=O)N2c1ccc(N2C[C@@H](C)O[C@@H](C)C2)nc1. The molecule has 2 N–H and O–H groups in total. The number of morpholine rings is 1. The number of nitrogens with zero attached hydrogens (tertiary/aromatic N) is 6. The minimum Gasteiger partial charge on any atom is -0.457 e. The molecule has 0 saturated carbocycles. The zero-order valence-electron chi connectivity index (χ0n) is 23.7. The lowest BCUT2D eigenvalue weighted by molar-refractivity contribution is -0.121. The molecule has 0 bridgehead atoms. The van der Waals surface area contributed by atoms with Gasteiger partial charge in [-0.2, -0.15) is 0 Å². The number of ether oxygens (including phenoxy) is 2. The maximum atomic E-state index is 13.8. The van der Waals surface area contributed by atoms with Gasteiger partial charge in [0.1, 0.15) is 17.5 Å². The molecular weight excluding hydrogens is 522 g/mol. The van der Waals surface area contributed by atoms with Crippen LogP contribution in [0.15, 0.2) is 18.3 Å². The van der Waals surface area contributed by atoms with Gasteiger partial charge in [-0.3, -0.25) is 15.1 Å². The van der Waals surface area contributed by atoms with Crippen molar-refractivity contribution in [2.24, 2.45) is 0 Å². The van der Waals surface area contributed by atoms with Crippen LogP contribution < -0.4 is 15.1 Å². The van der Waals surface area contributed by atoms with Crippen molar-refractivity contribution < 1.29 is 23.0 Å². The van der Waals surface area contributed by atoms with Crippen LogP contribution in [0.5, 0.6) is 0 Å². The van der Waals surface area contributed by atoms with Crippen molar-refractivity contribution in [2.75, 3.05) is 41.8 Å². The number of amidine groups is 1. The molecule has 0 aliphatic carbocycles. The van der Waals surface area contributed by atoms with Gasteiger partial charge in [0.05, 0.1) is 41.6 Å². The summed E-state index contributed by atoms with van der Waals surface area (Å²) in [6.07, 6.45) is 1.50. The Balaban J connectivity index is 1.42. The average molecular weight is 559 g/mol. The van der Waals surface area contributed by atoms with E-state index in [4.69, 9.17) is 14.9 Å². The molecule has 11 nitrogen and oxygen atoms in total. The summed E-state index contributed by atoms with van der Waals surface area (Å²) in [5.41, 5.74) is 0.263. The highest BCUT2D eigenvalue weighted by Gasteiger charge is 2.49. The zero-order valence-corrected chi connectivity index (χ0v) is 23.7. The summed E-state index contributed by atoms with van der Waals surface area (Å²) in [5, 5.41) is 11.3. The Bertz CT molecular complexity index is 1300. The lowest BCUT2D eigenvalue weighted by atomic mass is 9.87. The number of fused-ring (bicyclic) bond motifs is 1. The first-order chi connectivity index (χ1) is 18.8. The van der Waals surface area contributed by atoms with Crippen LogP contribution in [0.2, 0.25) is 0 Å². The molecule has 2 saturated heterocycles. The molecule has 0 radical (unpaired) electrons. The van der Waals surface area contributed by atoms with Gasteiger partial charge in [-0.25, -0.2) is 23.7 Å². The predicted molar refractivity (Wildman–Crippen MR) is 146 cm³/mol. The highest BCUT2D eigenvalue weighted by molar-refractivity contribution is 6.12. The van der Waals surface area contributed by atoms with Crippen molar-refractivity contribution in [3.8, 4) is 0 Å². The standard InChI is InChI=1S/C27H36F2N8O3/c1-15-9-27(28,29)14-36(15)25(30)39-13-19-33-22(31-6)21-23(34-19)37(24(38)26(21,4)5)18-7-8-20(32-10-18)35-11-16(2)40-17(3)12-35/h7-8,10,15-17,30H,9,11-14H2,1-6H3,(H,31,33,34)/t15-,16-,17+/m1/s1. The van der Waals surface area contributed by atoms with Crippen molar-refractivity contribution in [3.05, 3.63) is 29.7 Å². The monoisotopic (exact) mass is 558 g/mol. The molecule has 2 aromatic heterocycles. The number of carbonyl (C=O) groups excluding carboxylic acids is 1. The number of likely N-dealkylation sites (tertiary alicyclic amines) is 1. The summed E-state index contributed by atoms with van der Waals surface area (Å²) in [5.74, 6) is -1.20. The number of nitrogens with one attached hydrogen (secondary N) is 2. The molecule has 3 atom stereocenters. The van der Waals surface area contributed by atoms with Gasteiger partial charge in [-0.15, -0.1) is 0 Å². The quantitative estimate of drug-likeness (QED) is 0.418. The number of amides is 1. The summed E-state index contributed by atoms with van der Waals surface area (Å²) in [4.78, 5) is 32.5. The van der Waals surface area contributed by atoms with E-state index < -0.39 is 23.9 Å². The fourth-order valence-corrected chi connectivity index (χ4v) is 5.76. The predicted octanol–water partition coefficient (Wildman–Crippen LogP) is 3.66. The van der Waals surface area contributed by atoms with E-state index in [1.54, 1.807) is 20.2 Å². The number of hydrogen-bond acceptors (Lipinski definition) is 9. The molecule has 0 aromatic carbocycles. The molecule has 0 spiro atoms. The molecule has 0 unspecified atom stereocenters. The Hall–Kier alpha value is -3.61. The van der Waals surface area contributed by atoms with Crippen LogP contribution in [0.4, 0.5) is 31.9 Å². The van der Waals surface area contributed by atoms with E-state index in [0.717, 1.165) is 18.9 Å². The molecule has 3 aliphatic rings. The molecule has 5 heterocycles. The van der Waals surface area contributed by atoms with Gasteiger partial charge in [0, 0.05) is 32.6 Å². The topological polar surface area (TPSA) is 120 Å². The second-order valence-electron chi connectivity index (χ2n) is 11.4. The highest BCUT2D eigenvalue weighted by Crippen LogP contribution is 2.47. The Kier molecular flexibility index (Phi) is 7.05. The first-order valence-electron chi connectivity index (χ1n) is 13.5. The van der Waals surface area contributed by atoms with E-state index in [1.807, 2.05) is 39.8 Å². The van der Waals surface area contributed by atoms with Crippen LogP contribution in [0.1, 0.15) is 52.4 Å². The number of aromatic nitrogens is 3. The molecule has 216 valence electrons. The van der Waals surface area contributed by atoms with Gasteiger partial charge in [0.25, 0.3) is 11.9 Å². The zero-order chi connectivity index (χ0) is 29.0. The number of anilines is 4. The Labute approximate surface area is 232 Å². The maximum Gasteiger partial charge on any atom is 0.285 e. The second kappa shape index (κ2) is 10.1. The third-order valence-corrected chi connectivity index (χ3v) is 7.61. The molecule has 5 rings (SSSR count). The highest BCUT2D eigenvalue weighted by atomic mass is 19.3. The second-order valence-corrected chi connectivity index (χ2v) is 11.4. The van der Waals surface area contributed by atoms with E-state index >= 15 is 0 Å². The number of carbonyl (C=O) groups is 1. The maximum absolute atomic E-state index is 13.8. The summed E-state index contributed by atoms with van der Waals surface area (Å²) in [7, 11) is 1.70. The van der Waals surface area contributed by atoms with E-state index in [-0.39, 0.29) is 43.0 Å². The lowest BCUT2D eigenvalue weighted by Crippen LogP contribution is -2.45. The molecule has 2 aromatic rings. The molecule has 13 heteroatoms. The van der Waals surface area contributed by atoms with Crippen molar-refractivity contribution >= 4 is 35.1 Å². The third-order valence-electron chi connectivity index (χ3n) is 7.61. The van der Waals surface area contributed by atoms with E-state index in [0.29, 0.717) is 22.9 Å². The lowest BCUT2D eigenvalue weighted by Gasteiger charge is -2.36. The molecule has 1 amide bonds. The minimum atomic E-state index is -2.87. The van der Waals surface area contributed by atoms with Gasteiger partial charge in [0.2, 0.25) is 5.91 Å². The first kappa shape index (κ1) is 27.9. The summed E-state index contributed by atoms with van der Waals surface area (Å²) in [6.45, 7) is 9.98. The Morgan fingerprint density at radius 2 is 1.90 bits per heavy atom. The van der Waals surface area contributed by atoms with Gasteiger partial charge >= 0.3 is 0 Å². The van der Waals surface area contributed by atoms with Crippen molar-refractivity contribution in [1.82, 2.24) is 19.9 Å². The van der Waals surface area contributed by atoms with Crippen molar-refractivity contribution in [2.45, 2.75) is 77.2 Å². The smallest absolute Gasteiger partial charge is 0.285 e. The van der Waals surface area contributed by atoms with E-state index in [2.05, 4.69) is 25.2 Å². The summed E-state index contributed by atoms with van der Waals surface area (Å²) >= 11 is 0. The number of rotatable bonds is 5. The van der Waals surface area contributed by atoms with Crippen LogP contribution in [-0.2, 0) is 26.3 Å². The van der Waals surface area contributed by atoms with E-state index in [9.17, 15) is 13.6 Å². The molecule has 40 heavy (non-hydrogen) atoms. The Morgan fingerprint density at radius 3 is 2.48 bits per heavy atom. The van der Waals surface area contributed by atoms with Gasteiger partial charge in [-0.1, -0.05) is 0 Å². The number of hydrogen-bond donors (Lipinski definition) is 2. The first-order valence-corrected chi connectivity index (χ1v) is 13.5. The van der Waals surface area contributed by atoms with Crippen LogP contribution in [-0.4, -0.2) is 82.6 Å². The van der Waals surface area contributed by atoms with Gasteiger partial charge in [0.15, 0.2) is 12.4 Å². The van der Waals surface area contributed by atoms with Gasteiger partial charge < -0.3 is 24.6 Å². The van der Waals surface area contributed by atoms with Gasteiger partial charge in [-0.05, 0) is 46.8 Å². The van der Waals surface area contributed by atoms with Crippen LogP contribution in [0, 0.1) is 5.41 Å². The van der Waals surface area contributed by atoms with Crippen LogP contribution in [0.3, 0.4) is 0 Å². The van der Waals surface area contributed by atoms with Crippen molar-refractivity contribution in [3.63, 3.8) is 0 Å². The van der Waals surface area contributed by atoms with Crippen LogP contribution >= 0.6 is 0 Å². The third kappa shape index (κ3) is 5.02.